The number of thiophene rings is 1. The normalized spacial score (nSPS) is 20.2. The van der Waals surface area contributed by atoms with Gasteiger partial charge < -0.3 is 10.4 Å². The molecule has 0 radical (unpaired) electrons. The highest BCUT2D eigenvalue weighted by Gasteiger charge is 2.51. The van der Waals surface area contributed by atoms with E-state index < -0.39 is 22.4 Å². The van der Waals surface area contributed by atoms with Crippen LogP contribution in [-0.4, -0.2) is 26.9 Å². The Morgan fingerprint density at radius 3 is 2.90 bits per heavy atom. The average Bonchev–Trinajstić information content (AvgIpc) is 3.03. The lowest BCUT2D eigenvalue weighted by Gasteiger charge is -2.15. The molecule has 1 fully saturated rings. The molecule has 160 valence electrons. The fourth-order valence-electron chi connectivity index (χ4n) is 4.68. The molecule has 6 nitrogen and oxygen atoms in total. The zero-order chi connectivity index (χ0) is 21.0. The zero-order valence-electron chi connectivity index (χ0n) is 16.7. The third-order valence-electron chi connectivity index (χ3n) is 6.57. The number of halogens is 1. The van der Waals surface area contributed by atoms with Crippen molar-refractivity contribution in [3.8, 4) is 0 Å². The monoisotopic (exact) mass is 449 g/mol. The Morgan fingerprint density at radius 2 is 2.17 bits per heavy atom. The van der Waals surface area contributed by atoms with Crippen LogP contribution >= 0.6 is 11.3 Å². The molecule has 2 atom stereocenters. The van der Waals surface area contributed by atoms with E-state index in [1.165, 1.54) is 6.07 Å². The van der Waals surface area contributed by atoms with Crippen LogP contribution in [-0.2, 0) is 35.3 Å². The van der Waals surface area contributed by atoms with E-state index in [-0.39, 0.29) is 22.1 Å². The molecule has 0 bridgehead atoms. The van der Waals surface area contributed by atoms with Crippen molar-refractivity contribution in [2.45, 2.75) is 67.4 Å². The van der Waals surface area contributed by atoms with Gasteiger partial charge in [-0.05, 0) is 62.1 Å². The van der Waals surface area contributed by atoms with Gasteiger partial charge in [0.1, 0.15) is 4.21 Å². The molecule has 2 amide bonds. The zero-order valence-corrected chi connectivity index (χ0v) is 18.4. The minimum atomic E-state index is -2.55. The summed E-state index contributed by atoms with van der Waals surface area (Å²) in [6.07, 6.45) is 7.06. The van der Waals surface area contributed by atoms with E-state index in [4.69, 9.17) is 4.98 Å². The number of aliphatic hydroxyl groups excluding tert-OH is 1. The number of aliphatic hydroxyl groups is 1. The second-order valence-electron chi connectivity index (χ2n) is 8.56. The molecule has 1 unspecified atom stereocenters. The minimum absolute atomic E-state index is 0.0578. The lowest BCUT2D eigenvalue weighted by molar-refractivity contribution is 0.260. The van der Waals surface area contributed by atoms with Gasteiger partial charge in [-0.25, -0.2) is 13.4 Å². The van der Waals surface area contributed by atoms with Crippen LogP contribution in [0, 0.1) is 5.82 Å². The second kappa shape index (κ2) is 7.39. The number of hydrogen-bond donors (Lipinski definition) is 3. The summed E-state index contributed by atoms with van der Waals surface area (Å²) in [6, 6.07) is 0.555. The van der Waals surface area contributed by atoms with Crippen molar-refractivity contribution in [2.24, 2.45) is 4.36 Å². The number of anilines is 1. The highest BCUT2D eigenvalue weighted by atomic mass is 32.2. The SMILES string of the molecule is C[C@@H](CO)c1cc(F)c(/[SH](=O)=N/C(=O)Nc2c3c(nc4c2CCC42CC2)CCC3)s1. The molecule has 30 heavy (non-hydrogen) atoms. The third-order valence-corrected chi connectivity index (χ3v) is 9.38. The number of fused-ring (bicyclic) bond motifs is 3. The van der Waals surface area contributed by atoms with Gasteiger partial charge in [-0.2, -0.15) is 0 Å². The molecule has 3 aliphatic carbocycles. The first kappa shape index (κ1) is 20.1. The molecular weight excluding hydrogens is 425 g/mol. The van der Waals surface area contributed by atoms with E-state index in [1.807, 2.05) is 0 Å². The Kier molecular flexibility index (Phi) is 4.95. The number of carbonyl (C=O) groups is 1. The number of urea groups is 1. The first-order chi connectivity index (χ1) is 14.4. The summed E-state index contributed by atoms with van der Waals surface area (Å²) in [5, 5.41) is 12.1. The van der Waals surface area contributed by atoms with Crippen LogP contribution in [0.4, 0.5) is 14.9 Å². The highest BCUT2D eigenvalue weighted by molar-refractivity contribution is 7.78. The number of aryl methyl sites for hydroxylation is 1. The van der Waals surface area contributed by atoms with Crippen molar-refractivity contribution in [1.82, 2.24) is 4.98 Å². The van der Waals surface area contributed by atoms with Crippen LogP contribution in [0.1, 0.15) is 65.9 Å². The smallest absolute Gasteiger partial charge is 0.353 e. The number of carbonyl (C=O) groups excluding carboxylic acids is 1. The average molecular weight is 450 g/mol. The Labute approximate surface area is 180 Å². The van der Waals surface area contributed by atoms with E-state index >= 15 is 0 Å². The molecule has 9 heteroatoms. The molecule has 1 spiro atoms. The van der Waals surface area contributed by atoms with Gasteiger partial charge in [0.15, 0.2) is 5.82 Å². The number of nitrogens with one attached hydrogen (secondary N) is 1. The van der Waals surface area contributed by atoms with Crippen molar-refractivity contribution >= 4 is 33.7 Å². The first-order valence-corrected chi connectivity index (χ1v) is 12.4. The summed E-state index contributed by atoms with van der Waals surface area (Å²) in [7, 11) is -2.55. The Balaban J connectivity index is 1.44. The summed E-state index contributed by atoms with van der Waals surface area (Å²) in [5.74, 6) is -0.901. The van der Waals surface area contributed by atoms with Gasteiger partial charge in [-0.3, -0.25) is 4.98 Å². The summed E-state index contributed by atoms with van der Waals surface area (Å²) in [5.41, 5.74) is 5.38. The van der Waals surface area contributed by atoms with E-state index in [2.05, 4.69) is 9.68 Å². The first-order valence-electron chi connectivity index (χ1n) is 10.4. The maximum absolute atomic E-state index is 14.2. The van der Waals surface area contributed by atoms with Crippen LogP contribution in [0.2, 0.25) is 0 Å². The molecular formula is C21H24FN3O3S2. The van der Waals surface area contributed by atoms with Crippen molar-refractivity contribution in [2.75, 3.05) is 11.9 Å². The Bertz CT molecular complexity index is 1130. The van der Waals surface area contributed by atoms with Crippen LogP contribution in [0.25, 0.3) is 0 Å². The van der Waals surface area contributed by atoms with Crippen molar-refractivity contribution in [1.29, 1.82) is 0 Å². The maximum Gasteiger partial charge on any atom is 0.353 e. The number of aromatic nitrogens is 1. The molecule has 5 rings (SSSR count). The summed E-state index contributed by atoms with van der Waals surface area (Å²) < 4.78 is 30.5. The van der Waals surface area contributed by atoms with Crippen molar-refractivity contribution in [3.63, 3.8) is 0 Å². The highest BCUT2D eigenvalue weighted by Crippen LogP contribution is 2.58. The number of thiol groups is 1. The predicted molar refractivity (Wildman–Crippen MR) is 115 cm³/mol. The standard InChI is InChI=1S/C21H24FN3O3S2/c1-11(10-26)16-9-14(22)19(29-16)30(28)25-20(27)24-17-12-3-2-4-15(12)23-18-13(17)5-6-21(18)7-8-21/h9,11,26,30H,2-8,10H2,1H3,(H,23,24,27)/t11-/m0/s1. The summed E-state index contributed by atoms with van der Waals surface area (Å²) >= 11 is 0.994. The van der Waals surface area contributed by atoms with E-state index in [0.29, 0.717) is 4.88 Å². The van der Waals surface area contributed by atoms with Gasteiger partial charge in [0.25, 0.3) is 0 Å². The molecule has 0 aromatic carbocycles. The quantitative estimate of drug-likeness (QED) is 0.613. The van der Waals surface area contributed by atoms with E-state index in [9.17, 15) is 18.5 Å². The topological polar surface area (TPSA) is 91.6 Å². The van der Waals surface area contributed by atoms with E-state index in [1.54, 1.807) is 6.92 Å². The fraction of sp³-hybridized carbons (Fsp3) is 0.524. The Morgan fingerprint density at radius 1 is 1.37 bits per heavy atom. The maximum atomic E-state index is 14.2. The molecule has 2 N–H and O–H groups in total. The molecule has 2 aromatic heterocycles. The molecule has 3 aliphatic rings. The van der Waals surface area contributed by atoms with Crippen molar-refractivity contribution < 1.29 is 18.5 Å². The van der Waals surface area contributed by atoms with Gasteiger partial charge in [0.05, 0.1) is 28.6 Å². The molecule has 1 saturated carbocycles. The lowest BCUT2D eigenvalue weighted by Crippen LogP contribution is -2.14. The number of nitrogens with zero attached hydrogens (tertiary/aromatic N) is 2. The molecule has 2 heterocycles. The van der Waals surface area contributed by atoms with Crippen LogP contribution < -0.4 is 5.32 Å². The number of rotatable bonds is 4. The van der Waals surface area contributed by atoms with Crippen LogP contribution in [0.3, 0.4) is 0 Å². The second-order valence-corrected chi connectivity index (χ2v) is 11.1. The van der Waals surface area contributed by atoms with E-state index in [0.717, 1.165) is 84.5 Å². The van der Waals surface area contributed by atoms with Gasteiger partial charge in [0, 0.05) is 21.9 Å². The van der Waals surface area contributed by atoms with Crippen LogP contribution in [0.5, 0.6) is 0 Å². The van der Waals surface area contributed by atoms with Gasteiger partial charge in [0.2, 0.25) is 0 Å². The van der Waals surface area contributed by atoms with Gasteiger partial charge in [-0.1, -0.05) is 6.92 Å². The number of pyridine rings is 1. The van der Waals surface area contributed by atoms with Crippen molar-refractivity contribution in [3.05, 3.63) is 39.3 Å². The summed E-state index contributed by atoms with van der Waals surface area (Å²) in [4.78, 5) is 18.2. The van der Waals surface area contributed by atoms with Gasteiger partial charge >= 0.3 is 6.03 Å². The molecule has 0 saturated heterocycles. The number of hydrogen-bond acceptors (Lipinski definition) is 5. The van der Waals surface area contributed by atoms with Crippen LogP contribution in [0.15, 0.2) is 14.6 Å². The summed E-state index contributed by atoms with van der Waals surface area (Å²) in [6.45, 7) is 1.62. The molecule has 0 aliphatic heterocycles. The lowest BCUT2D eigenvalue weighted by atomic mass is 10.0. The largest absolute Gasteiger partial charge is 0.396 e. The molecule has 2 aromatic rings. The minimum Gasteiger partial charge on any atom is -0.396 e. The number of amides is 2. The fourth-order valence-corrected chi connectivity index (χ4v) is 6.80. The third kappa shape index (κ3) is 3.27. The van der Waals surface area contributed by atoms with Gasteiger partial charge in [-0.15, -0.1) is 15.7 Å². The predicted octanol–water partition coefficient (Wildman–Crippen LogP) is 4.10. The Hall–Kier alpha value is -1.84.